The molecule has 1 fully saturated rings. The zero-order valence-electron chi connectivity index (χ0n) is 21.9. The molecule has 1 aliphatic carbocycles. The minimum absolute atomic E-state index is 0.0350. The molecule has 1 aliphatic rings. The van der Waals surface area contributed by atoms with Gasteiger partial charge in [0.05, 0.1) is 0 Å². The van der Waals surface area contributed by atoms with Gasteiger partial charge in [0.1, 0.15) is 11.8 Å². The van der Waals surface area contributed by atoms with Crippen molar-refractivity contribution in [3.05, 3.63) is 102 Å². The summed E-state index contributed by atoms with van der Waals surface area (Å²) in [5.41, 5.74) is 8.93. The number of hydrogen-bond acceptors (Lipinski definition) is 4. The van der Waals surface area contributed by atoms with Gasteiger partial charge in [-0.15, -0.1) is 0 Å². The molecule has 3 aromatic carbocycles. The fourth-order valence-electron chi connectivity index (χ4n) is 5.09. The molecule has 2 amide bonds. The first-order chi connectivity index (χ1) is 18.9. The van der Waals surface area contributed by atoms with Crippen LogP contribution >= 0.6 is 0 Å². The van der Waals surface area contributed by atoms with Crippen LogP contribution in [0.3, 0.4) is 0 Å². The lowest BCUT2D eigenvalue weighted by Crippen LogP contribution is -2.44. The van der Waals surface area contributed by atoms with E-state index in [4.69, 9.17) is 21.0 Å². The van der Waals surface area contributed by atoms with E-state index in [0.29, 0.717) is 30.6 Å². The Morgan fingerprint density at radius 1 is 0.923 bits per heavy atom. The van der Waals surface area contributed by atoms with E-state index in [1.807, 2.05) is 48.5 Å². The van der Waals surface area contributed by atoms with Gasteiger partial charge in [0.2, 0.25) is 11.8 Å². The maximum atomic E-state index is 13.5. The molecular formula is C31H36N4O4. The van der Waals surface area contributed by atoms with Crippen molar-refractivity contribution in [2.24, 2.45) is 11.7 Å². The highest BCUT2D eigenvalue weighted by Crippen LogP contribution is 2.40. The summed E-state index contributed by atoms with van der Waals surface area (Å²) in [6, 6.07) is 27.0. The Bertz CT molecular complexity index is 1220. The van der Waals surface area contributed by atoms with Crippen molar-refractivity contribution in [3.8, 4) is 0 Å². The van der Waals surface area contributed by atoms with Gasteiger partial charge in [0, 0.05) is 23.2 Å². The molecule has 0 aromatic heterocycles. The molecule has 8 nitrogen and oxygen atoms in total. The second-order valence-electron chi connectivity index (χ2n) is 9.73. The second kappa shape index (κ2) is 14.5. The summed E-state index contributed by atoms with van der Waals surface area (Å²) < 4.78 is 0. The van der Waals surface area contributed by atoms with E-state index in [1.54, 1.807) is 24.3 Å². The highest BCUT2D eigenvalue weighted by Gasteiger charge is 2.37. The summed E-state index contributed by atoms with van der Waals surface area (Å²) >= 11 is 0. The maximum absolute atomic E-state index is 13.5. The van der Waals surface area contributed by atoms with Gasteiger partial charge in [0.15, 0.2) is 0 Å². The first-order valence-electron chi connectivity index (χ1n) is 13.1. The fraction of sp³-hybridized carbons (Fsp3) is 0.290. The molecule has 0 spiro atoms. The number of amides is 2. The van der Waals surface area contributed by atoms with Crippen LogP contribution in [0.4, 0.5) is 5.69 Å². The molecule has 4 rings (SSSR count). The topological polar surface area (TPSA) is 145 Å². The monoisotopic (exact) mass is 528 g/mol. The number of anilines is 1. The van der Waals surface area contributed by atoms with E-state index >= 15 is 0 Å². The van der Waals surface area contributed by atoms with Crippen molar-refractivity contribution in [3.63, 3.8) is 0 Å². The average molecular weight is 529 g/mol. The summed E-state index contributed by atoms with van der Waals surface area (Å²) in [6.45, 7) is 0.276. The van der Waals surface area contributed by atoms with Gasteiger partial charge in [0.25, 0.3) is 6.47 Å². The van der Waals surface area contributed by atoms with Crippen LogP contribution in [-0.2, 0) is 26.2 Å². The molecule has 3 aromatic rings. The summed E-state index contributed by atoms with van der Waals surface area (Å²) in [5, 5.41) is 20.5. The molecule has 0 saturated heterocycles. The number of aryl methyl sites for hydroxylation is 1. The molecule has 1 atom stereocenters. The van der Waals surface area contributed by atoms with Crippen LogP contribution in [-0.4, -0.2) is 35.8 Å². The Labute approximate surface area is 229 Å². The van der Waals surface area contributed by atoms with Crippen LogP contribution in [0.1, 0.15) is 48.8 Å². The molecule has 0 heterocycles. The van der Waals surface area contributed by atoms with E-state index in [9.17, 15) is 9.59 Å². The van der Waals surface area contributed by atoms with Gasteiger partial charge in [-0.05, 0) is 61.1 Å². The van der Waals surface area contributed by atoms with E-state index in [2.05, 4.69) is 22.8 Å². The number of rotatable bonds is 10. The molecule has 6 N–H and O–H groups in total. The van der Waals surface area contributed by atoms with Crippen molar-refractivity contribution in [2.75, 3.05) is 11.9 Å². The molecule has 0 radical (unpaired) electrons. The molecule has 39 heavy (non-hydrogen) atoms. The SMILES string of the molecule is N=C(N)c1ccc(NC(=O)C(CCc2ccccc2)C(=O)NCC2(c3ccccc3)CCCC2)cc1.O=CO. The summed E-state index contributed by atoms with van der Waals surface area (Å²) in [4.78, 5) is 35.1. The standard InChI is InChI=1S/C30H34N4O2.CH2O2/c31-27(32)23-14-16-25(17-15-23)34-29(36)26(18-13-22-9-3-1-4-10-22)28(35)33-21-30(19-7-8-20-30)24-11-5-2-6-12-24;2-1-3/h1-6,9-12,14-17,26H,7-8,13,18-21H2,(H3,31,32)(H,33,35)(H,34,36);1H,(H,2,3). The van der Waals surface area contributed by atoms with Gasteiger partial charge in [-0.1, -0.05) is 73.5 Å². The van der Waals surface area contributed by atoms with E-state index in [1.165, 1.54) is 5.56 Å². The number of amidine groups is 1. The number of nitrogens with one attached hydrogen (secondary N) is 3. The molecule has 1 saturated carbocycles. The van der Waals surface area contributed by atoms with E-state index in [0.717, 1.165) is 31.2 Å². The van der Waals surface area contributed by atoms with Crippen LogP contribution in [0.2, 0.25) is 0 Å². The molecule has 0 bridgehead atoms. The number of hydrogen-bond donors (Lipinski definition) is 5. The number of nitrogen functional groups attached to an aromatic ring is 1. The largest absolute Gasteiger partial charge is 0.483 e. The summed E-state index contributed by atoms with van der Waals surface area (Å²) in [7, 11) is 0. The quantitative estimate of drug-likeness (QED) is 0.114. The Morgan fingerprint density at radius 2 is 1.49 bits per heavy atom. The molecule has 8 heteroatoms. The minimum atomic E-state index is -0.827. The molecule has 0 aliphatic heterocycles. The highest BCUT2D eigenvalue weighted by atomic mass is 16.3. The molecule has 204 valence electrons. The first-order valence-corrected chi connectivity index (χ1v) is 13.1. The average Bonchev–Trinajstić information content (AvgIpc) is 3.44. The summed E-state index contributed by atoms with van der Waals surface area (Å²) in [5.74, 6) is -1.44. The molecular weight excluding hydrogens is 492 g/mol. The number of carboxylic acid groups (broad SMARTS) is 1. The van der Waals surface area contributed by atoms with Gasteiger partial charge >= 0.3 is 0 Å². The number of nitrogens with two attached hydrogens (primary N) is 1. The van der Waals surface area contributed by atoms with Gasteiger partial charge in [-0.3, -0.25) is 19.8 Å². The van der Waals surface area contributed by atoms with Gasteiger partial charge < -0.3 is 21.5 Å². The predicted octanol–water partition coefficient (Wildman–Crippen LogP) is 4.49. The predicted molar refractivity (Wildman–Crippen MR) is 153 cm³/mol. The first kappa shape index (κ1) is 29.1. The van der Waals surface area contributed by atoms with Crippen LogP contribution in [0, 0.1) is 11.3 Å². The van der Waals surface area contributed by atoms with Crippen LogP contribution in [0.15, 0.2) is 84.9 Å². The lowest BCUT2D eigenvalue weighted by atomic mass is 9.78. The Morgan fingerprint density at radius 3 is 2.05 bits per heavy atom. The van der Waals surface area contributed by atoms with E-state index < -0.39 is 5.92 Å². The lowest BCUT2D eigenvalue weighted by molar-refractivity contribution is -0.133. The van der Waals surface area contributed by atoms with Crippen molar-refractivity contribution in [2.45, 2.75) is 43.9 Å². The molecule has 1 unspecified atom stereocenters. The van der Waals surface area contributed by atoms with Crippen LogP contribution in [0.25, 0.3) is 0 Å². The van der Waals surface area contributed by atoms with Crippen LogP contribution in [0.5, 0.6) is 0 Å². The number of benzene rings is 3. The van der Waals surface area contributed by atoms with Gasteiger partial charge in [-0.25, -0.2) is 0 Å². The van der Waals surface area contributed by atoms with Crippen LogP contribution < -0.4 is 16.4 Å². The third-order valence-electron chi connectivity index (χ3n) is 7.21. The zero-order valence-corrected chi connectivity index (χ0v) is 21.9. The van der Waals surface area contributed by atoms with Crippen molar-refractivity contribution in [1.29, 1.82) is 5.41 Å². The maximum Gasteiger partial charge on any atom is 0.290 e. The summed E-state index contributed by atoms with van der Waals surface area (Å²) in [6.07, 6.45) is 5.37. The van der Waals surface area contributed by atoms with Crippen molar-refractivity contribution >= 4 is 29.8 Å². The van der Waals surface area contributed by atoms with Crippen molar-refractivity contribution in [1.82, 2.24) is 5.32 Å². The van der Waals surface area contributed by atoms with E-state index in [-0.39, 0.29) is 29.5 Å². The normalized spacial score (nSPS) is 14.3. The number of carbonyl (C=O) groups excluding carboxylic acids is 2. The highest BCUT2D eigenvalue weighted by molar-refractivity contribution is 6.06. The zero-order chi connectivity index (χ0) is 28.1. The fourth-order valence-corrected chi connectivity index (χ4v) is 5.09. The van der Waals surface area contributed by atoms with Gasteiger partial charge in [-0.2, -0.15) is 0 Å². The smallest absolute Gasteiger partial charge is 0.290 e. The lowest BCUT2D eigenvalue weighted by Gasteiger charge is -2.31. The number of carbonyl (C=O) groups is 3. The minimum Gasteiger partial charge on any atom is -0.483 e. The third-order valence-corrected chi connectivity index (χ3v) is 7.21. The Kier molecular flexibility index (Phi) is 10.8. The van der Waals surface area contributed by atoms with Crippen molar-refractivity contribution < 1.29 is 19.5 Å². The Hall–Kier alpha value is -4.46. The Balaban J connectivity index is 0.00000134. The second-order valence-corrected chi connectivity index (χ2v) is 9.73. The third kappa shape index (κ3) is 8.26.